The van der Waals surface area contributed by atoms with Crippen molar-refractivity contribution in [3.8, 4) is 0 Å². The molecule has 0 bridgehead atoms. The van der Waals surface area contributed by atoms with Crippen molar-refractivity contribution in [1.29, 1.82) is 0 Å². The molecule has 1 atom stereocenters. The summed E-state index contributed by atoms with van der Waals surface area (Å²) in [4.78, 5) is 14.7. The van der Waals surface area contributed by atoms with Crippen LogP contribution in [0.3, 0.4) is 0 Å². The van der Waals surface area contributed by atoms with Crippen molar-refractivity contribution in [2.75, 3.05) is 39.4 Å². The second kappa shape index (κ2) is 10.4. The number of nitrogens with one attached hydrogen (secondary N) is 2. The SMILES string of the molecule is O=C(CNS(=O)(=O)c1ccc2ccccc2c1)NCC(c1ccc(F)cc1)N1CCOCC1. The van der Waals surface area contributed by atoms with E-state index in [-0.39, 0.29) is 29.8 Å². The molecule has 0 radical (unpaired) electrons. The van der Waals surface area contributed by atoms with E-state index in [1.54, 1.807) is 24.3 Å². The zero-order chi connectivity index (χ0) is 23.3. The average Bonchev–Trinajstić information content (AvgIpc) is 2.84. The normalized spacial score (nSPS) is 15.9. The Morgan fingerprint density at radius 2 is 1.70 bits per heavy atom. The number of hydrogen-bond acceptors (Lipinski definition) is 5. The summed E-state index contributed by atoms with van der Waals surface area (Å²) in [6.07, 6.45) is 0. The van der Waals surface area contributed by atoms with Crippen LogP contribution in [0.5, 0.6) is 0 Å². The van der Waals surface area contributed by atoms with E-state index in [1.807, 2.05) is 24.3 Å². The van der Waals surface area contributed by atoms with Crippen LogP contribution in [0.25, 0.3) is 10.8 Å². The molecule has 3 aromatic carbocycles. The zero-order valence-corrected chi connectivity index (χ0v) is 18.9. The Morgan fingerprint density at radius 3 is 2.42 bits per heavy atom. The minimum atomic E-state index is -3.84. The van der Waals surface area contributed by atoms with Crippen molar-refractivity contribution < 1.29 is 22.3 Å². The molecule has 1 amide bonds. The van der Waals surface area contributed by atoms with Crippen molar-refractivity contribution >= 4 is 26.7 Å². The van der Waals surface area contributed by atoms with Crippen LogP contribution in [0.2, 0.25) is 0 Å². The highest BCUT2D eigenvalue weighted by Crippen LogP contribution is 2.22. The number of fused-ring (bicyclic) bond motifs is 1. The summed E-state index contributed by atoms with van der Waals surface area (Å²) in [6, 6.07) is 18.3. The van der Waals surface area contributed by atoms with Gasteiger partial charge in [0.15, 0.2) is 0 Å². The number of halogens is 1. The van der Waals surface area contributed by atoms with Crippen LogP contribution < -0.4 is 10.0 Å². The molecule has 1 fully saturated rings. The fourth-order valence-electron chi connectivity index (χ4n) is 3.88. The van der Waals surface area contributed by atoms with Crippen LogP contribution in [0, 0.1) is 5.82 Å². The maximum atomic E-state index is 13.4. The highest BCUT2D eigenvalue weighted by atomic mass is 32.2. The molecule has 1 aliphatic rings. The van der Waals surface area contributed by atoms with E-state index in [2.05, 4.69) is 14.9 Å². The van der Waals surface area contributed by atoms with Gasteiger partial charge in [-0.1, -0.05) is 42.5 Å². The van der Waals surface area contributed by atoms with Gasteiger partial charge in [-0.05, 0) is 40.6 Å². The maximum Gasteiger partial charge on any atom is 0.241 e. The summed E-state index contributed by atoms with van der Waals surface area (Å²) in [5, 5.41) is 4.54. The quantitative estimate of drug-likeness (QED) is 0.527. The average molecular weight is 472 g/mol. The number of carbonyl (C=O) groups is 1. The molecule has 2 N–H and O–H groups in total. The highest BCUT2D eigenvalue weighted by Gasteiger charge is 2.24. The highest BCUT2D eigenvalue weighted by molar-refractivity contribution is 7.89. The van der Waals surface area contributed by atoms with Crippen LogP contribution in [-0.4, -0.2) is 58.6 Å². The van der Waals surface area contributed by atoms with E-state index in [1.165, 1.54) is 18.2 Å². The largest absolute Gasteiger partial charge is 0.379 e. The van der Waals surface area contributed by atoms with Gasteiger partial charge < -0.3 is 10.1 Å². The van der Waals surface area contributed by atoms with Gasteiger partial charge in [0.2, 0.25) is 15.9 Å². The fourth-order valence-corrected chi connectivity index (χ4v) is 4.90. The first kappa shape index (κ1) is 23.3. The third-order valence-corrected chi connectivity index (χ3v) is 7.09. The molecule has 33 heavy (non-hydrogen) atoms. The van der Waals surface area contributed by atoms with E-state index in [0.717, 1.165) is 16.3 Å². The lowest BCUT2D eigenvalue weighted by atomic mass is 10.0. The molecule has 174 valence electrons. The molecular formula is C24H26FN3O4S. The first-order chi connectivity index (χ1) is 15.9. The van der Waals surface area contributed by atoms with Gasteiger partial charge >= 0.3 is 0 Å². The second-order valence-electron chi connectivity index (χ2n) is 7.85. The van der Waals surface area contributed by atoms with Crippen LogP contribution in [0.1, 0.15) is 11.6 Å². The molecule has 9 heteroatoms. The van der Waals surface area contributed by atoms with Gasteiger partial charge in [-0.25, -0.2) is 17.5 Å². The van der Waals surface area contributed by atoms with Gasteiger partial charge in [-0.3, -0.25) is 9.69 Å². The summed E-state index contributed by atoms with van der Waals surface area (Å²) >= 11 is 0. The molecule has 1 unspecified atom stereocenters. The molecule has 1 aliphatic heterocycles. The van der Waals surface area contributed by atoms with E-state index in [0.29, 0.717) is 26.3 Å². The number of amides is 1. The Bertz CT molecular complexity index is 1210. The van der Waals surface area contributed by atoms with Crippen LogP contribution >= 0.6 is 0 Å². The summed E-state index contributed by atoms with van der Waals surface area (Å²) in [6.45, 7) is 2.42. The number of carbonyl (C=O) groups excluding carboxylic acids is 1. The van der Waals surface area contributed by atoms with E-state index in [4.69, 9.17) is 4.74 Å². The van der Waals surface area contributed by atoms with Crippen molar-refractivity contribution in [2.45, 2.75) is 10.9 Å². The van der Waals surface area contributed by atoms with Crippen molar-refractivity contribution in [2.24, 2.45) is 0 Å². The number of hydrogen-bond donors (Lipinski definition) is 2. The summed E-state index contributed by atoms with van der Waals surface area (Å²) in [5.74, 6) is -0.772. The molecule has 7 nitrogen and oxygen atoms in total. The standard InChI is InChI=1S/C24H26FN3O4S/c25-21-8-5-19(6-9-21)23(28-11-13-32-14-12-28)16-26-24(29)17-27-33(30,31)22-10-7-18-3-1-2-4-20(18)15-22/h1-10,15,23,27H,11-14,16-17H2,(H,26,29). The molecule has 0 saturated carbocycles. The lowest BCUT2D eigenvalue weighted by Gasteiger charge is -2.35. The fraction of sp³-hybridized carbons (Fsp3) is 0.292. The predicted octanol–water partition coefficient (Wildman–Crippen LogP) is 2.45. The number of morpholine rings is 1. The Balaban J connectivity index is 1.38. The third-order valence-electron chi connectivity index (χ3n) is 5.69. The molecule has 0 aromatic heterocycles. The van der Waals surface area contributed by atoms with E-state index < -0.39 is 15.9 Å². The van der Waals surface area contributed by atoms with Gasteiger partial charge in [0, 0.05) is 19.6 Å². The van der Waals surface area contributed by atoms with Gasteiger partial charge in [0.05, 0.1) is 30.7 Å². The smallest absolute Gasteiger partial charge is 0.241 e. The first-order valence-electron chi connectivity index (χ1n) is 10.7. The molecule has 3 aromatic rings. The summed E-state index contributed by atoms with van der Waals surface area (Å²) < 4.78 is 46.5. The Kier molecular flexibility index (Phi) is 7.34. The van der Waals surface area contributed by atoms with Crippen LogP contribution in [0.15, 0.2) is 71.6 Å². The second-order valence-corrected chi connectivity index (χ2v) is 9.62. The number of ether oxygens (including phenoxy) is 1. The molecule has 4 rings (SSSR count). The number of sulfonamides is 1. The Labute approximate surface area is 192 Å². The molecule has 1 saturated heterocycles. The van der Waals surface area contributed by atoms with E-state index in [9.17, 15) is 17.6 Å². The predicted molar refractivity (Wildman–Crippen MR) is 124 cm³/mol. The number of nitrogens with zero attached hydrogens (tertiary/aromatic N) is 1. The maximum absolute atomic E-state index is 13.4. The monoisotopic (exact) mass is 471 g/mol. The van der Waals surface area contributed by atoms with Gasteiger partial charge in [0.25, 0.3) is 0 Å². The molecular weight excluding hydrogens is 445 g/mol. The van der Waals surface area contributed by atoms with Crippen LogP contribution in [-0.2, 0) is 19.6 Å². The number of rotatable bonds is 8. The lowest BCUT2D eigenvalue weighted by molar-refractivity contribution is -0.120. The summed E-state index contributed by atoms with van der Waals surface area (Å²) in [7, 11) is -3.84. The zero-order valence-electron chi connectivity index (χ0n) is 18.0. The minimum absolute atomic E-state index is 0.103. The van der Waals surface area contributed by atoms with E-state index >= 15 is 0 Å². The van der Waals surface area contributed by atoms with Gasteiger partial charge in [-0.15, -0.1) is 0 Å². The minimum Gasteiger partial charge on any atom is -0.379 e. The lowest BCUT2D eigenvalue weighted by Crippen LogP contribution is -2.45. The molecule has 0 aliphatic carbocycles. The van der Waals surface area contributed by atoms with Crippen molar-refractivity contribution in [3.63, 3.8) is 0 Å². The topological polar surface area (TPSA) is 87.7 Å². The third kappa shape index (κ3) is 5.94. The van der Waals surface area contributed by atoms with Crippen molar-refractivity contribution in [1.82, 2.24) is 14.9 Å². The Morgan fingerprint density at radius 1 is 1.00 bits per heavy atom. The molecule has 1 heterocycles. The molecule has 0 spiro atoms. The number of benzene rings is 3. The Hall–Kier alpha value is -2.85. The first-order valence-corrected chi connectivity index (χ1v) is 12.2. The summed E-state index contributed by atoms with van der Waals surface area (Å²) in [5.41, 5.74) is 0.871. The van der Waals surface area contributed by atoms with Crippen molar-refractivity contribution in [3.05, 3.63) is 78.1 Å². The van der Waals surface area contributed by atoms with Gasteiger partial charge in [-0.2, -0.15) is 0 Å². The van der Waals surface area contributed by atoms with Gasteiger partial charge in [0.1, 0.15) is 5.82 Å². The van der Waals surface area contributed by atoms with Crippen LogP contribution in [0.4, 0.5) is 4.39 Å².